The molecule has 0 fully saturated rings. The van der Waals surface area contributed by atoms with Crippen LogP contribution in [0.25, 0.3) is 0 Å². The topological polar surface area (TPSA) is 42.4 Å². The first-order valence-corrected chi connectivity index (χ1v) is 6.35. The van der Waals surface area contributed by atoms with Gasteiger partial charge in [-0.1, -0.05) is 0 Å². The molecule has 0 spiro atoms. The zero-order valence-electron chi connectivity index (χ0n) is 10.8. The van der Waals surface area contributed by atoms with E-state index in [0.717, 1.165) is 4.90 Å². The van der Waals surface area contributed by atoms with Gasteiger partial charge in [0.05, 0.1) is 0 Å². The van der Waals surface area contributed by atoms with Gasteiger partial charge in [0.15, 0.2) is 11.6 Å². The molecule has 18 heavy (non-hydrogen) atoms. The van der Waals surface area contributed by atoms with Gasteiger partial charge >= 0.3 is 6.09 Å². The van der Waals surface area contributed by atoms with Crippen molar-refractivity contribution >= 4 is 27.8 Å². The quantitative estimate of drug-likeness (QED) is 0.834. The summed E-state index contributed by atoms with van der Waals surface area (Å²) in [4.78, 5) is 17.0. The maximum Gasteiger partial charge on any atom is 0.416 e. The Bertz CT molecular complexity index is 446. The van der Waals surface area contributed by atoms with Crippen molar-refractivity contribution < 1.29 is 13.9 Å². The Labute approximate surface area is 114 Å². The number of ether oxygens (including phenoxy) is 1. The van der Waals surface area contributed by atoms with Crippen molar-refractivity contribution in [1.82, 2.24) is 4.98 Å². The highest BCUT2D eigenvalue weighted by Gasteiger charge is 2.25. The van der Waals surface area contributed by atoms with E-state index in [4.69, 9.17) is 4.74 Å². The normalized spacial score (nSPS) is 11.2. The Morgan fingerprint density at radius 1 is 1.56 bits per heavy atom. The highest BCUT2D eigenvalue weighted by molar-refractivity contribution is 9.10. The minimum atomic E-state index is -0.629. The number of nitrogens with zero attached hydrogens (tertiary/aromatic N) is 2. The molecular formula is C12H16BrFN2O2. The van der Waals surface area contributed by atoms with E-state index in [1.807, 2.05) is 0 Å². The average Bonchev–Trinajstić information content (AvgIpc) is 2.19. The van der Waals surface area contributed by atoms with Crippen molar-refractivity contribution in [3.05, 3.63) is 22.6 Å². The third kappa shape index (κ3) is 3.94. The fourth-order valence-electron chi connectivity index (χ4n) is 1.29. The molecule has 0 bridgehead atoms. The lowest BCUT2D eigenvalue weighted by atomic mass is 10.2. The Hall–Kier alpha value is -1.17. The number of pyridine rings is 1. The van der Waals surface area contributed by atoms with Crippen molar-refractivity contribution in [3.63, 3.8) is 0 Å². The molecule has 1 heterocycles. The minimum Gasteiger partial charge on any atom is -0.443 e. The van der Waals surface area contributed by atoms with Crippen LogP contribution in [-0.4, -0.2) is 23.2 Å². The van der Waals surface area contributed by atoms with Crippen molar-refractivity contribution in [2.24, 2.45) is 0 Å². The molecule has 0 aliphatic rings. The standard InChI is InChI=1S/C12H16BrFN2O2/c1-5-16(11(17)18-12(2,3)4)10-9(14)6-8(13)7-15-10/h6-7H,5H2,1-4H3. The summed E-state index contributed by atoms with van der Waals surface area (Å²) in [5.41, 5.74) is -0.629. The second-order valence-electron chi connectivity index (χ2n) is 4.68. The van der Waals surface area contributed by atoms with E-state index in [9.17, 15) is 9.18 Å². The lowest BCUT2D eigenvalue weighted by Crippen LogP contribution is -2.37. The van der Waals surface area contributed by atoms with Gasteiger partial charge in [-0.25, -0.2) is 14.2 Å². The molecule has 0 aromatic carbocycles. The molecule has 100 valence electrons. The first-order valence-electron chi connectivity index (χ1n) is 5.56. The largest absolute Gasteiger partial charge is 0.443 e. The molecule has 1 amide bonds. The number of rotatable bonds is 2. The van der Waals surface area contributed by atoms with Crippen LogP contribution in [0.15, 0.2) is 16.7 Å². The van der Waals surface area contributed by atoms with Crippen molar-refractivity contribution in [1.29, 1.82) is 0 Å². The fraction of sp³-hybridized carbons (Fsp3) is 0.500. The van der Waals surface area contributed by atoms with Gasteiger partial charge in [-0.2, -0.15) is 0 Å². The number of carbonyl (C=O) groups excluding carboxylic acids is 1. The molecule has 6 heteroatoms. The molecule has 1 aromatic heterocycles. The Kier molecular flexibility index (Phi) is 4.67. The van der Waals surface area contributed by atoms with Gasteiger partial charge in [0.25, 0.3) is 0 Å². The van der Waals surface area contributed by atoms with Crippen LogP contribution >= 0.6 is 15.9 Å². The molecule has 0 aliphatic carbocycles. The smallest absolute Gasteiger partial charge is 0.416 e. The lowest BCUT2D eigenvalue weighted by Gasteiger charge is -2.26. The van der Waals surface area contributed by atoms with Crippen LogP contribution in [-0.2, 0) is 4.74 Å². The molecule has 0 saturated carbocycles. The maximum atomic E-state index is 13.7. The number of anilines is 1. The van der Waals surface area contributed by atoms with Crippen LogP contribution in [0.1, 0.15) is 27.7 Å². The summed E-state index contributed by atoms with van der Waals surface area (Å²) in [7, 11) is 0. The molecule has 0 saturated heterocycles. The monoisotopic (exact) mass is 318 g/mol. The number of carbonyl (C=O) groups is 1. The van der Waals surface area contributed by atoms with Gasteiger partial charge < -0.3 is 4.74 Å². The Balaban J connectivity index is 2.99. The summed E-state index contributed by atoms with van der Waals surface area (Å²) in [6, 6.07) is 1.26. The first kappa shape index (κ1) is 14.9. The van der Waals surface area contributed by atoms with Gasteiger partial charge in [-0.05, 0) is 49.7 Å². The highest BCUT2D eigenvalue weighted by Crippen LogP contribution is 2.21. The molecular weight excluding hydrogens is 303 g/mol. The van der Waals surface area contributed by atoms with Gasteiger partial charge in [0, 0.05) is 17.2 Å². The summed E-state index contributed by atoms with van der Waals surface area (Å²) in [6.07, 6.45) is 0.824. The van der Waals surface area contributed by atoms with Gasteiger partial charge in [0.2, 0.25) is 0 Å². The number of amides is 1. The second-order valence-corrected chi connectivity index (χ2v) is 5.60. The zero-order valence-corrected chi connectivity index (χ0v) is 12.4. The Morgan fingerprint density at radius 3 is 2.61 bits per heavy atom. The van der Waals surface area contributed by atoms with Crippen LogP contribution < -0.4 is 4.90 Å². The van der Waals surface area contributed by atoms with E-state index in [1.54, 1.807) is 27.7 Å². The second kappa shape index (κ2) is 5.65. The van der Waals surface area contributed by atoms with Crippen LogP contribution in [0.4, 0.5) is 15.0 Å². The summed E-state index contributed by atoms with van der Waals surface area (Å²) >= 11 is 3.12. The fourth-order valence-corrected chi connectivity index (χ4v) is 1.59. The van der Waals surface area contributed by atoms with E-state index in [2.05, 4.69) is 20.9 Å². The van der Waals surface area contributed by atoms with Crippen LogP contribution in [0.2, 0.25) is 0 Å². The molecule has 0 radical (unpaired) electrons. The van der Waals surface area contributed by atoms with Gasteiger partial charge in [0.1, 0.15) is 5.60 Å². The number of hydrogen-bond donors (Lipinski definition) is 0. The third-order valence-corrected chi connectivity index (χ3v) is 2.41. The molecule has 1 rings (SSSR count). The predicted octanol–water partition coefficient (Wildman–Crippen LogP) is 3.74. The molecule has 1 aromatic rings. The average molecular weight is 319 g/mol. The van der Waals surface area contributed by atoms with Crippen LogP contribution in [0.5, 0.6) is 0 Å². The molecule has 0 aliphatic heterocycles. The third-order valence-electron chi connectivity index (χ3n) is 1.97. The van der Waals surface area contributed by atoms with E-state index in [1.165, 1.54) is 12.3 Å². The minimum absolute atomic E-state index is 0.0325. The van der Waals surface area contributed by atoms with Gasteiger partial charge in [-0.15, -0.1) is 0 Å². The summed E-state index contributed by atoms with van der Waals surface area (Å²) in [6.45, 7) is 7.27. The molecule has 0 unspecified atom stereocenters. The number of halogens is 2. The summed E-state index contributed by atoms with van der Waals surface area (Å²) in [5.74, 6) is -0.605. The van der Waals surface area contributed by atoms with Crippen molar-refractivity contribution in [2.75, 3.05) is 11.4 Å². The lowest BCUT2D eigenvalue weighted by molar-refractivity contribution is 0.0580. The molecule has 4 nitrogen and oxygen atoms in total. The Morgan fingerprint density at radius 2 is 2.17 bits per heavy atom. The van der Waals surface area contributed by atoms with Crippen LogP contribution in [0.3, 0.4) is 0 Å². The zero-order chi connectivity index (χ0) is 13.9. The molecule has 0 N–H and O–H groups in total. The first-order chi connectivity index (χ1) is 8.24. The number of hydrogen-bond acceptors (Lipinski definition) is 3. The van der Waals surface area contributed by atoms with Crippen LogP contribution in [0, 0.1) is 5.82 Å². The molecule has 0 atom stereocenters. The van der Waals surface area contributed by atoms with Gasteiger partial charge in [-0.3, -0.25) is 4.90 Å². The summed E-state index contributed by atoms with van der Waals surface area (Å²) < 4.78 is 19.5. The highest BCUT2D eigenvalue weighted by atomic mass is 79.9. The van der Waals surface area contributed by atoms with Crippen molar-refractivity contribution in [3.8, 4) is 0 Å². The number of aromatic nitrogens is 1. The van der Waals surface area contributed by atoms with E-state index < -0.39 is 17.5 Å². The van der Waals surface area contributed by atoms with E-state index in [0.29, 0.717) is 4.47 Å². The maximum absolute atomic E-state index is 13.7. The SMILES string of the molecule is CCN(C(=O)OC(C)(C)C)c1ncc(Br)cc1F. The van der Waals surface area contributed by atoms with Crippen molar-refractivity contribution in [2.45, 2.75) is 33.3 Å². The predicted molar refractivity (Wildman–Crippen MR) is 71.1 cm³/mol. The van der Waals surface area contributed by atoms with E-state index >= 15 is 0 Å². The summed E-state index contributed by atoms with van der Waals surface area (Å²) in [5, 5.41) is 0. The van der Waals surface area contributed by atoms with E-state index in [-0.39, 0.29) is 12.4 Å².